The molecule has 1 heterocycles. The van der Waals surface area contributed by atoms with Gasteiger partial charge in [-0.15, -0.1) is 0 Å². The number of nitrogens with zero attached hydrogens (tertiary/aromatic N) is 1. The van der Waals surface area contributed by atoms with Crippen molar-refractivity contribution >= 4 is 11.9 Å². The Balaban J connectivity index is 1.69. The molecule has 1 amide bonds. The van der Waals surface area contributed by atoms with Crippen molar-refractivity contribution in [3.63, 3.8) is 0 Å². The molecular weight excluding hydrogens is 322 g/mol. The molecular formula is C19H27NO5. The Bertz CT molecular complexity index is 557. The minimum atomic E-state index is -0.192. The summed E-state index contributed by atoms with van der Waals surface area (Å²) in [7, 11) is 1.62. The SMILES string of the molecule is CCOC(=O)[C@H]1CCCN(C(=O)CCCOc2ccc(OC)cc2)C1. The molecule has 6 nitrogen and oxygen atoms in total. The first-order chi connectivity index (χ1) is 12.1. The number of benzene rings is 1. The molecule has 0 unspecified atom stereocenters. The van der Waals surface area contributed by atoms with Crippen molar-refractivity contribution in [2.24, 2.45) is 5.92 Å². The Morgan fingerprint density at radius 2 is 1.92 bits per heavy atom. The van der Waals surface area contributed by atoms with E-state index in [0.29, 0.717) is 39.1 Å². The van der Waals surface area contributed by atoms with E-state index in [9.17, 15) is 9.59 Å². The minimum absolute atomic E-state index is 0.0762. The van der Waals surface area contributed by atoms with Gasteiger partial charge in [0.1, 0.15) is 11.5 Å². The maximum absolute atomic E-state index is 12.3. The lowest BCUT2D eigenvalue weighted by atomic mass is 9.98. The predicted molar refractivity (Wildman–Crippen MR) is 93.7 cm³/mol. The fraction of sp³-hybridized carbons (Fsp3) is 0.579. The Morgan fingerprint density at radius 1 is 1.20 bits per heavy atom. The summed E-state index contributed by atoms with van der Waals surface area (Å²) in [6.45, 7) is 3.84. The Kier molecular flexibility index (Phi) is 7.57. The number of carbonyl (C=O) groups excluding carboxylic acids is 2. The molecule has 1 aromatic carbocycles. The van der Waals surface area contributed by atoms with E-state index < -0.39 is 0 Å². The highest BCUT2D eigenvalue weighted by atomic mass is 16.5. The largest absolute Gasteiger partial charge is 0.497 e. The minimum Gasteiger partial charge on any atom is -0.497 e. The average Bonchev–Trinajstić information content (AvgIpc) is 2.66. The third-order valence-corrected chi connectivity index (χ3v) is 4.26. The van der Waals surface area contributed by atoms with Crippen molar-refractivity contribution in [2.45, 2.75) is 32.6 Å². The second-order valence-corrected chi connectivity index (χ2v) is 6.06. The van der Waals surface area contributed by atoms with Crippen LogP contribution in [0.3, 0.4) is 0 Å². The van der Waals surface area contributed by atoms with Crippen LogP contribution in [-0.2, 0) is 14.3 Å². The van der Waals surface area contributed by atoms with E-state index in [1.165, 1.54) is 0 Å². The number of piperidine rings is 1. The first kappa shape index (κ1) is 19.1. The molecule has 0 radical (unpaired) electrons. The number of rotatable bonds is 8. The summed E-state index contributed by atoms with van der Waals surface area (Å²) in [5, 5.41) is 0. The van der Waals surface area contributed by atoms with Gasteiger partial charge in [0.05, 0.1) is 26.2 Å². The average molecular weight is 349 g/mol. The van der Waals surface area contributed by atoms with Crippen LogP contribution in [0.1, 0.15) is 32.6 Å². The summed E-state index contributed by atoms with van der Waals surface area (Å²) < 4.78 is 15.8. The number of amides is 1. The van der Waals surface area contributed by atoms with E-state index in [4.69, 9.17) is 14.2 Å². The summed E-state index contributed by atoms with van der Waals surface area (Å²) in [6, 6.07) is 7.36. The molecule has 0 N–H and O–H groups in total. The maximum Gasteiger partial charge on any atom is 0.310 e. The number of esters is 1. The lowest BCUT2D eigenvalue weighted by Gasteiger charge is -2.31. The van der Waals surface area contributed by atoms with Gasteiger partial charge in [-0.25, -0.2) is 0 Å². The predicted octanol–water partition coefficient (Wildman–Crippen LogP) is 2.66. The normalized spacial score (nSPS) is 17.0. The molecule has 1 aliphatic heterocycles. The van der Waals surface area contributed by atoms with Gasteiger partial charge in [-0.05, 0) is 50.5 Å². The van der Waals surface area contributed by atoms with Crippen LogP contribution in [0.4, 0.5) is 0 Å². The summed E-state index contributed by atoms with van der Waals surface area (Å²) in [4.78, 5) is 25.9. The van der Waals surface area contributed by atoms with Crippen molar-refractivity contribution in [1.82, 2.24) is 4.90 Å². The van der Waals surface area contributed by atoms with Crippen LogP contribution in [0, 0.1) is 5.92 Å². The Morgan fingerprint density at radius 3 is 2.60 bits per heavy atom. The first-order valence-corrected chi connectivity index (χ1v) is 8.85. The fourth-order valence-electron chi connectivity index (χ4n) is 2.90. The van der Waals surface area contributed by atoms with Crippen LogP contribution in [0.2, 0.25) is 0 Å². The number of hydrogen-bond donors (Lipinski definition) is 0. The molecule has 0 spiro atoms. The van der Waals surface area contributed by atoms with E-state index >= 15 is 0 Å². The van der Waals surface area contributed by atoms with Crippen molar-refractivity contribution in [3.05, 3.63) is 24.3 Å². The quantitative estimate of drug-likeness (QED) is 0.533. The molecule has 1 atom stereocenters. The van der Waals surface area contributed by atoms with Gasteiger partial charge in [0, 0.05) is 19.5 Å². The molecule has 0 aromatic heterocycles. The molecule has 6 heteroatoms. The lowest BCUT2D eigenvalue weighted by molar-refractivity contribution is -0.151. The van der Waals surface area contributed by atoms with Gasteiger partial charge in [-0.3, -0.25) is 9.59 Å². The van der Waals surface area contributed by atoms with Gasteiger partial charge in [-0.1, -0.05) is 0 Å². The topological polar surface area (TPSA) is 65.1 Å². The highest BCUT2D eigenvalue weighted by molar-refractivity contribution is 5.78. The molecule has 1 fully saturated rings. The number of hydrogen-bond acceptors (Lipinski definition) is 5. The number of carbonyl (C=O) groups is 2. The highest BCUT2D eigenvalue weighted by Crippen LogP contribution is 2.20. The summed E-state index contributed by atoms with van der Waals surface area (Å²) in [5.41, 5.74) is 0. The van der Waals surface area contributed by atoms with Crippen molar-refractivity contribution in [2.75, 3.05) is 33.4 Å². The lowest BCUT2D eigenvalue weighted by Crippen LogP contribution is -2.42. The van der Waals surface area contributed by atoms with Crippen LogP contribution < -0.4 is 9.47 Å². The first-order valence-electron chi connectivity index (χ1n) is 8.85. The van der Waals surface area contributed by atoms with Gasteiger partial charge in [0.2, 0.25) is 5.91 Å². The van der Waals surface area contributed by atoms with E-state index in [1.54, 1.807) is 18.9 Å². The van der Waals surface area contributed by atoms with E-state index in [1.807, 2.05) is 24.3 Å². The zero-order valence-electron chi connectivity index (χ0n) is 15.0. The van der Waals surface area contributed by atoms with Gasteiger partial charge in [0.25, 0.3) is 0 Å². The monoisotopic (exact) mass is 349 g/mol. The van der Waals surface area contributed by atoms with Crippen LogP contribution in [0.25, 0.3) is 0 Å². The zero-order valence-corrected chi connectivity index (χ0v) is 15.0. The van der Waals surface area contributed by atoms with Crippen LogP contribution in [-0.4, -0.2) is 50.2 Å². The van der Waals surface area contributed by atoms with Gasteiger partial charge in [0.15, 0.2) is 0 Å². The summed E-state index contributed by atoms with van der Waals surface area (Å²) >= 11 is 0. The van der Waals surface area contributed by atoms with E-state index in [-0.39, 0.29) is 17.8 Å². The molecule has 0 saturated carbocycles. The molecule has 2 rings (SSSR count). The van der Waals surface area contributed by atoms with Crippen LogP contribution >= 0.6 is 0 Å². The third-order valence-electron chi connectivity index (χ3n) is 4.26. The smallest absolute Gasteiger partial charge is 0.310 e. The maximum atomic E-state index is 12.3. The molecule has 0 aliphatic carbocycles. The molecule has 1 saturated heterocycles. The third kappa shape index (κ3) is 5.96. The Labute approximate surface area is 149 Å². The standard InChI is InChI=1S/C19H27NO5/c1-3-24-19(22)15-6-4-12-20(14-15)18(21)7-5-13-25-17-10-8-16(23-2)9-11-17/h8-11,15H,3-7,12-14H2,1-2H3/t15-/m0/s1. The fourth-order valence-corrected chi connectivity index (χ4v) is 2.90. The van der Waals surface area contributed by atoms with Crippen molar-refractivity contribution in [3.8, 4) is 11.5 Å². The Hall–Kier alpha value is -2.24. The van der Waals surface area contributed by atoms with Crippen molar-refractivity contribution in [1.29, 1.82) is 0 Å². The second-order valence-electron chi connectivity index (χ2n) is 6.06. The van der Waals surface area contributed by atoms with Crippen molar-refractivity contribution < 1.29 is 23.8 Å². The molecule has 0 bridgehead atoms. The molecule has 1 aromatic rings. The number of likely N-dealkylation sites (tertiary alicyclic amines) is 1. The van der Waals surface area contributed by atoms with E-state index in [0.717, 1.165) is 24.3 Å². The highest BCUT2D eigenvalue weighted by Gasteiger charge is 2.28. The molecule has 1 aliphatic rings. The van der Waals surface area contributed by atoms with Crippen LogP contribution in [0.15, 0.2) is 24.3 Å². The summed E-state index contributed by atoms with van der Waals surface area (Å²) in [6.07, 6.45) is 2.71. The van der Waals surface area contributed by atoms with Gasteiger partial charge in [-0.2, -0.15) is 0 Å². The van der Waals surface area contributed by atoms with Gasteiger partial charge < -0.3 is 19.1 Å². The summed E-state index contributed by atoms with van der Waals surface area (Å²) in [5.74, 6) is 1.24. The number of ether oxygens (including phenoxy) is 3. The zero-order chi connectivity index (χ0) is 18.1. The van der Waals surface area contributed by atoms with E-state index in [2.05, 4.69) is 0 Å². The van der Waals surface area contributed by atoms with Gasteiger partial charge >= 0.3 is 5.97 Å². The molecule has 138 valence electrons. The second kappa shape index (κ2) is 9.91. The number of methoxy groups -OCH3 is 1. The van der Waals surface area contributed by atoms with Crippen LogP contribution in [0.5, 0.6) is 11.5 Å². The molecule has 25 heavy (non-hydrogen) atoms.